The lowest BCUT2D eigenvalue weighted by molar-refractivity contribution is -0.148. The number of ether oxygens (including phenoxy) is 2. The first-order valence-corrected chi connectivity index (χ1v) is 23.3. The summed E-state index contributed by atoms with van der Waals surface area (Å²) in [4.78, 5) is 75.0. The van der Waals surface area contributed by atoms with Gasteiger partial charge >= 0.3 is 0 Å². The van der Waals surface area contributed by atoms with E-state index in [0.717, 1.165) is 5.56 Å². The van der Waals surface area contributed by atoms with E-state index in [1.165, 1.54) is 14.2 Å². The number of nitrogens with one attached hydrogen (secondary N) is 3. The molecule has 16 nitrogen and oxygen atoms in total. The van der Waals surface area contributed by atoms with Crippen LogP contribution in [0.25, 0.3) is 0 Å². The highest BCUT2D eigenvalue weighted by atomic mass is 32.2. The number of amides is 5. The molecule has 1 fully saturated rings. The summed E-state index contributed by atoms with van der Waals surface area (Å²) in [5, 5.41) is 8.37. The average molecular weight is 881 g/mol. The molecule has 0 radical (unpaired) electrons. The lowest BCUT2D eigenvalue weighted by atomic mass is 9.89. The zero-order valence-corrected chi connectivity index (χ0v) is 39.7. The van der Waals surface area contributed by atoms with Crippen LogP contribution in [0.1, 0.15) is 93.6 Å². The molecular formula is C44H76N6O10S. The first kappa shape index (κ1) is 53.5. The summed E-state index contributed by atoms with van der Waals surface area (Å²) in [5.74, 6) is -3.62. The summed E-state index contributed by atoms with van der Waals surface area (Å²) in [6.45, 7) is 17.6. The predicted molar refractivity (Wildman–Crippen MR) is 236 cm³/mol. The van der Waals surface area contributed by atoms with Gasteiger partial charge in [-0.05, 0) is 57.1 Å². The maximum atomic E-state index is 14.4. The summed E-state index contributed by atoms with van der Waals surface area (Å²) < 4.78 is 43.6. The number of carbonyl (C=O) groups is 5. The minimum Gasteiger partial charge on any atom is -0.379 e. The molecule has 4 N–H and O–H groups in total. The molecule has 2 rings (SSSR count). The van der Waals surface area contributed by atoms with Crippen LogP contribution in [0.15, 0.2) is 30.3 Å². The maximum Gasteiger partial charge on any atom is 0.266 e. The van der Waals surface area contributed by atoms with E-state index in [2.05, 4.69) is 16.0 Å². The highest BCUT2D eigenvalue weighted by Gasteiger charge is 2.43. The molecule has 1 aliphatic rings. The minimum absolute atomic E-state index is 0.00472. The van der Waals surface area contributed by atoms with E-state index in [1.54, 1.807) is 48.0 Å². The molecule has 8 unspecified atom stereocenters. The van der Waals surface area contributed by atoms with Crippen molar-refractivity contribution in [1.82, 2.24) is 30.7 Å². The third kappa shape index (κ3) is 15.6. The van der Waals surface area contributed by atoms with E-state index in [0.29, 0.717) is 25.8 Å². The molecule has 348 valence electrons. The number of carbonyl (C=O) groups excluding carboxylic acids is 5. The Balaban J connectivity index is 2.32. The third-order valence-corrected chi connectivity index (χ3v) is 12.9. The molecule has 1 heterocycles. The van der Waals surface area contributed by atoms with Gasteiger partial charge in [-0.1, -0.05) is 85.2 Å². The number of hydrogen-bond acceptors (Lipinski definition) is 10. The standard InChI is InChI=1S/C44H76N6O10S/c1-14-30(8)39(49(11)44(55)37(27(2)3)47-43(54)38(28(4)5)48(10)29(6)7)35(59-12)26-36(51)50-23-18-21-34(50)40(60-13)31(9)41(52)46-33(25-32-19-16-15-17-20-32)42(53)45-22-24-61(56,57)58/h15-17,19-20,27-31,33-35,37-40H,14,18,21-26H2,1-13H3,(H,45,53)(H,46,52)(H,47,54)(H,56,57,58)/t30?,31?,33?,34?,35?,37-,38?,39?,40?/m0/s1. The fourth-order valence-electron chi connectivity index (χ4n) is 8.35. The van der Waals surface area contributed by atoms with Crippen LogP contribution in [-0.2, 0) is 50.0 Å². The second-order valence-electron chi connectivity index (χ2n) is 17.6. The number of methoxy groups -OCH3 is 2. The van der Waals surface area contributed by atoms with Gasteiger partial charge in [-0.2, -0.15) is 8.42 Å². The van der Waals surface area contributed by atoms with Crippen LogP contribution in [0.4, 0.5) is 0 Å². The monoisotopic (exact) mass is 881 g/mol. The Labute approximate surface area is 365 Å². The van der Waals surface area contributed by atoms with Crippen LogP contribution >= 0.6 is 0 Å². The highest BCUT2D eigenvalue weighted by molar-refractivity contribution is 7.85. The molecule has 1 saturated heterocycles. The Bertz CT molecular complexity index is 1680. The Morgan fingerprint density at radius 3 is 2.02 bits per heavy atom. The minimum atomic E-state index is -4.32. The molecule has 1 aromatic rings. The van der Waals surface area contributed by atoms with Gasteiger partial charge in [-0.15, -0.1) is 0 Å². The summed E-state index contributed by atoms with van der Waals surface area (Å²) in [6.07, 6.45) is 0.549. The smallest absolute Gasteiger partial charge is 0.266 e. The van der Waals surface area contributed by atoms with Crippen LogP contribution < -0.4 is 16.0 Å². The van der Waals surface area contributed by atoms with Gasteiger partial charge in [0.25, 0.3) is 10.1 Å². The zero-order chi connectivity index (χ0) is 46.4. The van der Waals surface area contributed by atoms with Crippen LogP contribution in [0.3, 0.4) is 0 Å². The van der Waals surface area contributed by atoms with Gasteiger partial charge in [0, 0.05) is 46.8 Å². The van der Waals surface area contributed by atoms with E-state index in [1.807, 2.05) is 73.4 Å². The van der Waals surface area contributed by atoms with Gasteiger partial charge in [-0.3, -0.25) is 33.4 Å². The SMILES string of the molecule is CCC(C)C(C(CC(=O)N1CCCC1C(OC)C(C)C(=O)NC(Cc1ccccc1)C(=O)NCCS(=O)(=O)O)OC)N(C)C(=O)[C@@H](NC(=O)C(C(C)C)N(C)C(C)C)C(C)C. The van der Waals surface area contributed by atoms with Gasteiger partial charge in [0.15, 0.2) is 0 Å². The van der Waals surface area contributed by atoms with Crippen molar-refractivity contribution in [3.63, 3.8) is 0 Å². The van der Waals surface area contributed by atoms with Crippen molar-refractivity contribution in [3.8, 4) is 0 Å². The van der Waals surface area contributed by atoms with Crippen molar-refractivity contribution in [3.05, 3.63) is 35.9 Å². The Morgan fingerprint density at radius 2 is 1.51 bits per heavy atom. The lowest BCUT2D eigenvalue weighted by Crippen LogP contribution is -2.60. The molecule has 0 aliphatic carbocycles. The Hall–Kier alpha value is -3.64. The highest BCUT2D eigenvalue weighted by Crippen LogP contribution is 2.30. The second-order valence-corrected chi connectivity index (χ2v) is 19.2. The van der Waals surface area contributed by atoms with E-state index < -0.39 is 76.0 Å². The lowest BCUT2D eigenvalue weighted by Gasteiger charge is -2.41. The van der Waals surface area contributed by atoms with Crippen LogP contribution in [-0.4, -0.2) is 153 Å². The molecule has 17 heteroatoms. The molecule has 0 aromatic heterocycles. The fraction of sp³-hybridized carbons (Fsp3) is 0.750. The van der Waals surface area contributed by atoms with Crippen LogP contribution in [0.2, 0.25) is 0 Å². The quantitative estimate of drug-likeness (QED) is 0.105. The van der Waals surface area contributed by atoms with E-state index in [9.17, 15) is 32.4 Å². The summed E-state index contributed by atoms with van der Waals surface area (Å²) in [6, 6.07) is 5.82. The largest absolute Gasteiger partial charge is 0.379 e. The number of likely N-dealkylation sites (tertiary alicyclic amines) is 1. The molecular weight excluding hydrogens is 805 g/mol. The molecule has 9 atom stereocenters. The Kier molecular flexibility index (Phi) is 21.8. The predicted octanol–water partition coefficient (Wildman–Crippen LogP) is 3.14. The number of hydrogen-bond donors (Lipinski definition) is 4. The molecule has 0 spiro atoms. The van der Waals surface area contributed by atoms with Crippen molar-refractivity contribution in [2.45, 2.75) is 143 Å². The number of benzene rings is 1. The van der Waals surface area contributed by atoms with Crippen molar-refractivity contribution in [2.24, 2.45) is 23.7 Å². The molecule has 0 saturated carbocycles. The van der Waals surface area contributed by atoms with Crippen LogP contribution in [0.5, 0.6) is 0 Å². The maximum absolute atomic E-state index is 14.4. The summed E-state index contributed by atoms with van der Waals surface area (Å²) in [5.41, 5.74) is 0.760. The van der Waals surface area contributed by atoms with Crippen LogP contribution in [0, 0.1) is 23.7 Å². The molecule has 1 aromatic carbocycles. The van der Waals surface area contributed by atoms with Gasteiger partial charge in [-0.25, -0.2) is 0 Å². The number of rotatable bonds is 25. The normalized spacial score (nSPS) is 18.6. The molecule has 1 aliphatic heterocycles. The van der Waals surface area contributed by atoms with Gasteiger partial charge in [0.1, 0.15) is 12.1 Å². The van der Waals surface area contributed by atoms with Crippen molar-refractivity contribution in [2.75, 3.05) is 47.2 Å². The van der Waals surface area contributed by atoms with Gasteiger partial charge < -0.3 is 35.2 Å². The van der Waals surface area contributed by atoms with Crippen molar-refractivity contribution in [1.29, 1.82) is 0 Å². The molecule has 61 heavy (non-hydrogen) atoms. The van der Waals surface area contributed by atoms with Gasteiger partial charge in [0.05, 0.1) is 48.4 Å². The first-order valence-electron chi connectivity index (χ1n) is 21.7. The van der Waals surface area contributed by atoms with Crippen molar-refractivity contribution < 1.29 is 46.4 Å². The number of nitrogens with zero attached hydrogens (tertiary/aromatic N) is 3. The molecule has 0 bridgehead atoms. The summed E-state index contributed by atoms with van der Waals surface area (Å²) >= 11 is 0. The van der Waals surface area contributed by atoms with E-state index >= 15 is 0 Å². The van der Waals surface area contributed by atoms with Crippen molar-refractivity contribution >= 4 is 39.7 Å². The zero-order valence-electron chi connectivity index (χ0n) is 38.8. The van der Waals surface area contributed by atoms with E-state index in [4.69, 9.17) is 14.0 Å². The van der Waals surface area contributed by atoms with Gasteiger partial charge in [0.2, 0.25) is 29.5 Å². The fourth-order valence-corrected chi connectivity index (χ4v) is 8.71. The average Bonchev–Trinajstić information content (AvgIpc) is 3.68. The molecule has 5 amide bonds. The number of likely N-dealkylation sites (N-methyl/N-ethyl adjacent to an activating group) is 2. The third-order valence-electron chi connectivity index (χ3n) is 12.2. The first-order chi connectivity index (χ1) is 28.5. The second kappa shape index (κ2) is 24.9. The topological polar surface area (TPSA) is 204 Å². The Morgan fingerprint density at radius 1 is 0.885 bits per heavy atom. The summed E-state index contributed by atoms with van der Waals surface area (Å²) in [7, 11) is 2.30. The van der Waals surface area contributed by atoms with E-state index in [-0.39, 0.29) is 60.9 Å².